The van der Waals surface area contributed by atoms with Crippen LogP contribution in [-0.4, -0.2) is 34.8 Å². The Morgan fingerprint density at radius 1 is 1.26 bits per heavy atom. The highest BCUT2D eigenvalue weighted by atomic mass is 16.4. The minimum absolute atomic E-state index is 0.0460. The highest BCUT2D eigenvalue weighted by Gasteiger charge is 2.17. The maximum absolute atomic E-state index is 11.3. The number of Topliss-reactive ketones (excluding diaryl/α,β-unsaturated/α-hetero) is 1. The summed E-state index contributed by atoms with van der Waals surface area (Å²) in [7, 11) is 0. The molecule has 1 N–H and O–H groups in total. The fraction of sp³-hybridized carbons (Fsp3) is 0.467. The predicted octanol–water partition coefficient (Wildman–Crippen LogP) is 2.11. The molecule has 0 aliphatic carbocycles. The SMILES string of the molecule is CC(=O)CN(Cc1ccc(C)cc1)CC(C)C(=O)O. The van der Waals surface area contributed by atoms with Crippen molar-refractivity contribution in [2.75, 3.05) is 13.1 Å². The van der Waals surface area contributed by atoms with Crippen molar-refractivity contribution < 1.29 is 14.7 Å². The first-order chi connectivity index (χ1) is 8.88. The van der Waals surface area contributed by atoms with Crippen molar-refractivity contribution in [3.05, 3.63) is 35.4 Å². The van der Waals surface area contributed by atoms with Gasteiger partial charge in [0, 0.05) is 13.1 Å². The average Bonchev–Trinajstić information content (AvgIpc) is 2.31. The van der Waals surface area contributed by atoms with Crippen LogP contribution in [0.15, 0.2) is 24.3 Å². The Labute approximate surface area is 114 Å². The van der Waals surface area contributed by atoms with Crippen molar-refractivity contribution in [1.82, 2.24) is 4.90 Å². The lowest BCUT2D eigenvalue weighted by Crippen LogP contribution is -2.34. The van der Waals surface area contributed by atoms with E-state index in [1.54, 1.807) is 6.92 Å². The Morgan fingerprint density at radius 2 is 1.84 bits per heavy atom. The lowest BCUT2D eigenvalue weighted by atomic mass is 10.1. The second-order valence-electron chi connectivity index (χ2n) is 5.10. The molecule has 104 valence electrons. The number of aryl methyl sites for hydroxylation is 1. The van der Waals surface area contributed by atoms with Crippen molar-refractivity contribution >= 4 is 11.8 Å². The van der Waals surface area contributed by atoms with Crippen molar-refractivity contribution in [3.63, 3.8) is 0 Å². The summed E-state index contributed by atoms with van der Waals surface area (Å²) in [5.74, 6) is -1.27. The van der Waals surface area contributed by atoms with E-state index in [2.05, 4.69) is 0 Å². The van der Waals surface area contributed by atoms with E-state index in [4.69, 9.17) is 5.11 Å². The summed E-state index contributed by atoms with van der Waals surface area (Å²) in [5, 5.41) is 8.96. The fourth-order valence-electron chi connectivity index (χ4n) is 1.92. The molecule has 0 aliphatic heterocycles. The molecular weight excluding hydrogens is 242 g/mol. The lowest BCUT2D eigenvalue weighted by molar-refractivity contribution is -0.142. The smallest absolute Gasteiger partial charge is 0.307 e. The number of hydrogen-bond acceptors (Lipinski definition) is 3. The van der Waals surface area contributed by atoms with Crippen LogP contribution in [0.1, 0.15) is 25.0 Å². The number of carbonyl (C=O) groups excluding carboxylic acids is 1. The summed E-state index contributed by atoms with van der Waals surface area (Å²) in [5.41, 5.74) is 2.27. The largest absolute Gasteiger partial charge is 0.481 e. The van der Waals surface area contributed by atoms with Crippen LogP contribution in [0.5, 0.6) is 0 Å². The number of carboxylic acids is 1. The van der Waals surface area contributed by atoms with Gasteiger partial charge in [-0.2, -0.15) is 0 Å². The average molecular weight is 263 g/mol. The number of carbonyl (C=O) groups is 2. The van der Waals surface area contributed by atoms with E-state index in [-0.39, 0.29) is 12.3 Å². The Morgan fingerprint density at radius 3 is 2.32 bits per heavy atom. The molecule has 0 saturated carbocycles. The maximum atomic E-state index is 11.3. The van der Waals surface area contributed by atoms with E-state index >= 15 is 0 Å². The maximum Gasteiger partial charge on any atom is 0.307 e. The second kappa shape index (κ2) is 7.04. The molecule has 1 aromatic rings. The number of rotatable bonds is 7. The first-order valence-electron chi connectivity index (χ1n) is 6.38. The molecule has 0 spiro atoms. The van der Waals surface area contributed by atoms with Crippen LogP contribution in [0.3, 0.4) is 0 Å². The highest BCUT2D eigenvalue weighted by molar-refractivity contribution is 5.77. The monoisotopic (exact) mass is 263 g/mol. The third-order valence-electron chi connectivity index (χ3n) is 2.93. The van der Waals surface area contributed by atoms with Gasteiger partial charge >= 0.3 is 5.97 Å². The van der Waals surface area contributed by atoms with Crippen LogP contribution in [-0.2, 0) is 16.1 Å². The second-order valence-corrected chi connectivity index (χ2v) is 5.10. The number of aliphatic carboxylic acids is 1. The van der Waals surface area contributed by atoms with E-state index in [0.717, 1.165) is 5.56 Å². The van der Waals surface area contributed by atoms with Crippen molar-refractivity contribution in [2.45, 2.75) is 27.3 Å². The van der Waals surface area contributed by atoms with Gasteiger partial charge in [0.25, 0.3) is 0 Å². The van der Waals surface area contributed by atoms with E-state index in [9.17, 15) is 9.59 Å². The predicted molar refractivity (Wildman–Crippen MR) is 73.9 cm³/mol. The standard InChI is InChI=1S/C15H21NO3/c1-11-4-6-14(7-5-11)10-16(9-13(3)17)8-12(2)15(18)19/h4-7,12H,8-10H2,1-3H3,(H,18,19). The van der Waals surface area contributed by atoms with Gasteiger partial charge in [-0.1, -0.05) is 36.8 Å². The van der Waals surface area contributed by atoms with Gasteiger partial charge < -0.3 is 5.11 Å². The molecule has 0 amide bonds. The minimum atomic E-state index is -0.836. The molecule has 0 heterocycles. The fourth-order valence-corrected chi connectivity index (χ4v) is 1.92. The van der Waals surface area contributed by atoms with Crippen LogP contribution in [0.2, 0.25) is 0 Å². The quantitative estimate of drug-likeness (QED) is 0.818. The molecule has 4 nitrogen and oxygen atoms in total. The zero-order chi connectivity index (χ0) is 14.4. The molecule has 4 heteroatoms. The third-order valence-corrected chi connectivity index (χ3v) is 2.93. The molecular formula is C15H21NO3. The van der Waals surface area contributed by atoms with Crippen molar-refractivity contribution in [3.8, 4) is 0 Å². The summed E-state index contributed by atoms with van der Waals surface area (Å²) >= 11 is 0. The molecule has 1 atom stereocenters. The molecule has 1 rings (SSSR count). The van der Waals surface area contributed by atoms with E-state index in [0.29, 0.717) is 13.1 Å². The minimum Gasteiger partial charge on any atom is -0.481 e. The molecule has 0 fully saturated rings. The first-order valence-corrected chi connectivity index (χ1v) is 6.38. The third kappa shape index (κ3) is 5.66. The summed E-state index contributed by atoms with van der Waals surface area (Å²) in [6.45, 7) is 6.45. The zero-order valence-electron chi connectivity index (χ0n) is 11.7. The van der Waals surface area contributed by atoms with E-state index < -0.39 is 11.9 Å². The Bertz CT molecular complexity index is 439. The van der Waals surface area contributed by atoms with Gasteiger partial charge in [0.05, 0.1) is 12.5 Å². The number of nitrogens with zero attached hydrogens (tertiary/aromatic N) is 1. The van der Waals surface area contributed by atoms with E-state index in [1.807, 2.05) is 36.1 Å². The molecule has 0 radical (unpaired) electrons. The Kier molecular flexibility index (Phi) is 5.70. The zero-order valence-corrected chi connectivity index (χ0v) is 11.7. The molecule has 1 unspecified atom stereocenters. The van der Waals surface area contributed by atoms with Crippen molar-refractivity contribution in [1.29, 1.82) is 0 Å². The van der Waals surface area contributed by atoms with Crippen LogP contribution >= 0.6 is 0 Å². The molecule has 19 heavy (non-hydrogen) atoms. The van der Waals surface area contributed by atoms with Crippen LogP contribution in [0, 0.1) is 12.8 Å². The summed E-state index contributed by atoms with van der Waals surface area (Å²) in [6.07, 6.45) is 0. The lowest BCUT2D eigenvalue weighted by Gasteiger charge is -2.23. The van der Waals surface area contributed by atoms with Gasteiger partial charge in [0.2, 0.25) is 0 Å². The van der Waals surface area contributed by atoms with Gasteiger partial charge in [-0.05, 0) is 19.4 Å². The van der Waals surface area contributed by atoms with Gasteiger partial charge in [-0.25, -0.2) is 0 Å². The molecule has 0 saturated heterocycles. The number of benzene rings is 1. The summed E-state index contributed by atoms with van der Waals surface area (Å²) < 4.78 is 0. The van der Waals surface area contributed by atoms with Crippen LogP contribution < -0.4 is 0 Å². The number of ketones is 1. The molecule has 1 aromatic carbocycles. The molecule has 0 bridgehead atoms. The summed E-state index contributed by atoms with van der Waals surface area (Å²) in [6, 6.07) is 8.05. The first kappa shape index (κ1) is 15.4. The normalized spacial score (nSPS) is 12.4. The molecule has 0 aliphatic rings. The van der Waals surface area contributed by atoms with Gasteiger partial charge in [0.15, 0.2) is 0 Å². The van der Waals surface area contributed by atoms with E-state index in [1.165, 1.54) is 12.5 Å². The number of carboxylic acid groups (broad SMARTS) is 1. The van der Waals surface area contributed by atoms with Crippen LogP contribution in [0.4, 0.5) is 0 Å². The Hall–Kier alpha value is -1.68. The van der Waals surface area contributed by atoms with Crippen molar-refractivity contribution in [2.24, 2.45) is 5.92 Å². The number of hydrogen-bond donors (Lipinski definition) is 1. The highest BCUT2D eigenvalue weighted by Crippen LogP contribution is 2.09. The molecule has 0 aromatic heterocycles. The van der Waals surface area contributed by atoms with Gasteiger partial charge in [-0.3, -0.25) is 14.5 Å². The van der Waals surface area contributed by atoms with Crippen LogP contribution in [0.25, 0.3) is 0 Å². The summed E-state index contributed by atoms with van der Waals surface area (Å²) in [4.78, 5) is 24.0. The Balaban J connectivity index is 2.71. The topological polar surface area (TPSA) is 57.6 Å². The van der Waals surface area contributed by atoms with Gasteiger partial charge in [-0.15, -0.1) is 0 Å². The van der Waals surface area contributed by atoms with Gasteiger partial charge in [0.1, 0.15) is 5.78 Å².